The number of aromatic nitrogens is 3. The quantitative estimate of drug-likeness (QED) is 0.343. The van der Waals surface area contributed by atoms with Crippen molar-refractivity contribution in [1.82, 2.24) is 19.7 Å². The van der Waals surface area contributed by atoms with Crippen LogP contribution in [0.15, 0.2) is 59.8 Å². The molecule has 0 unspecified atom stereocenters. The highest BCUT2D eigenvalue weighted by Crippen LogP contribution is 2.33. The molecule has 2 aliphatic rings. The van der Waals surface area contributed by atoms with Gasteiger partial charge in [-0.15, -0.1) is 10.2 Å². The Labute approximate surface area is 208 Å². The number of thioether (sulfide) groups is 1. The molecule has 178 valence electrons. The van der Waals surface area contributed by atoms with E-state index < -0.39 is 5.79 Å². The Morgan fingerprint density at radius 3 is 2.44 bits per heavy atom. The molecule has 7 nitrogen and oxygen atoms in total. The Morgan fingerprint density at radius 1 is 1.00 bits per heavy atom. The second kappa shape index (κ2) is 10.5. The summed E-state index contributed by atoms with van der Waals surface area (Å²) in [7, 11) is 0. The number of carbonyl (C=O) groups is 1. The normalized spacial score (nSPS) is 17.4. The number of piperidine rings is 1. The number of amides is 1. The van der Waals surface area contributed by atoms with Gasteiger partial charge in [0.05, 0.1) is 18.2 Å². The summed E-state index contributed by atoms with van der Waals surface area (Å²) in [5.74, 6) is 1.21. The van der Waals surface area contributed by atoms with Crippen LogP contribution in [0.5, 0.6) is 0 Å². The Kier molecular flexibility index (Phi) is 7.20. The van der Waals surface area contributed by atoms with Crippen molar-refractivity contribution in [2.24, 2.45) is 0 Å². The molecule has 0 saturated carbocycles. The average Bonchev–Trinajstić information content (AvgIpc) is 3.50. The van der Waals surface area contributed by atoms with Gasteiger partial charge in [-0.05, 0) is 30.7 Å². The Morgan fingerprint density at radius 2 is 1.71 bits per heavy atom. The molecule has 0 aliphatic carbocycles. The molecule has 34 heavy (non-hydrogen) atoms. The number of carbonyl (C=O) groups excluding carboxylic acids is 1. The van der Waals surface area contributed by atoms with Crippen molar-refractivity contribution in [3.05, 3.63) is 59.6 Å². The fourth-order valence-corrected chi connectivity index (χ4v) is 5.53. The monoisotopic (exact) mass is 498 g/mol. The number of rotatable bonds is 7. The van der Waals surface area contributed by atoms with Gasteiger partial charge in [-0.3, -0.25) is 9.36 Å². The molecular formula is C25H27ClN4O3S. The van der Waals surface area contributed by atoms with Crippen molar-refractivity contribution in [2.45, 2.75) is 36.6 Å². The lowest BCUT2D eigenvalue weighted by atomic mass is 10.0. The molecule has 2 saturated heterocycles. The molecule has 0 bridgehead atoms. The third kappa shape index (κ3) is 5.00. The first-order valence-electron chi connectivity index (χ1n) is 11.6. The third-order valence-electron chi connectivity index (χ3n) is 6.22. The van der Waals surface area contributed by atoms with E-state index in [0.29, 0.717) is 43.6 Å². The maximum Gasteiger partial charge on any atom is 0.222 e. The van der Waals surface area contributed by atoms with Gasteiger partial charge in [-0.1, -0.05) is 53.7 Å². The van der Waals surface area contributed by atoms with Crippen LogP contribution in [-0.2, 0) is 14.3 Å². The topological polar surface area (TPSA) is 69.5 Å². The fourth-order valence-electron chi connectivity index (χ4n) is 4.42. The van der Waals surface area contributed by atoms with Crippen molar-refractivity contribution in [3.8, 4) is 17.1 Å². The van der Waals surface area contributed by atoms with Crippen molar-refractivity contribution < 1.29 is 14.3 Å². The average molecular weight is 499 g/mol. The summed E-state index contributed by atoms with van der Waals surface area (Å²) in [5.41, 5.74) is 1.81. The first-order chi connectivity index (χ1) is 16.7. The SMILES string of the molecule is O=C(CCCSc1nnc(-c2ccccc2Cl)n1-c1ccccc1)N1CCC2(CC1)OCCO2. The van der Waals surface area contributed by atoms with Crippen molar-refractivity contribution in [3.63, 3.8) is 0 Å². The van der Waals surface area contributed by atoms with Crippen LogP contribution in [-0.4, -0.2) is 63.4 Å². The third-order valence-corrected chi connectivity index (χ3v) is 7.56. The van der Waals surface area contributed by atoms with Gasteiger partial charge in [0.15, 0.2) is 16.8 Å². The Balaban J connectivity index is 1.21. The van der Waals surface area contributed by atoms with Crippen molar-refractivity contribution >= 4 is 29.3 Å². The van der Waals surface area contributed by atoms with Gasteiger partial charge in [-0.25, -0.2) is 0 Å². The van der Waals surface area contributed by atoms with E-state index in [1.165, 1.54) is 0 Å². The number of hydrogen-bond acceptors (Lipinski definition) is 6. The van der Waals surface area contributed by atoms with Gasteiger partial charge in [0.1, 0.15) is 0 Å². The van der Waals surface area contributed by atoms with Crippen LogP contribution in [0.2, 0.25) is 5.02 Å². The van der Waals surface area contributed by atoms with E-state index in [2.05, 4.69) is 10.2 Å². The maximum atomic E-state index is 12.7. The summed E-state index contributed by atoms with van der Waals surface area (Å²) >= 11 is 8.06. The first kappa shape index (κ1) is 23.4. The van der Waals surface area contributed by atoms with E-state index in [-0.39, 0.29) is 5.91 Å². The van der Waals surface area contributed by atoms with Crippen LogP contribution in [0.4, 0.5) is 0 Å². The van der Waals surface area contributed by atoms with E-state index in [1.54, 1.807) is 11.8 Å². The first-order valence-corrected chi connectivity index (χ1v) is 13.0. The van der Waals surface area contributed by atoms with E-state index in [1.807, 2.05) is 64.1 Å². The van der Waals surface area contributed by atoms with Gasteiger partial charge >= 0.3 is 0 Å². The minimum Gasteiger partial charge on any atom is -0.347 e. The van der Waals surface area contributed by atoms with Crippen molar-refractivity contribution in [2.75, 3.05) is 32.1 Å². The number of nitrogens with zero attached hydrogens (tertiary/aromatic N) is 4. The molecule has 2 aliphatic heterocycles. The zero-order valence-corrected chi connectivity index (χ0v) is 20.4. The summed E-state index contributed by atoms with van der Waals surface area (Å²) in [5, 5.41) is 10.3. The number of hydrogen-bond donors (Lipinski definition) is 0. The second-order valence-corrected chi connectivity index (χ2v) is 9.87. The van der Waals surface area contributed by atoms with Crippen LogP contribution in [0, 0.1) is 0 Å². The lowest BCUT2D eigenvalue weighted by molar-refractivity contribution is -0.187. The molecule has 1 aromatic heterocycles. The van der Waals surface area contributed by atoms with Crippen molar-refractivity contribution in [1.29, 1.82) is 0 Å². The molecule has 0 radical (unpaired) electrons. The summed E-state index contributed by atoms with van der Waals surface area (Å²) in [6.45, 7) is 2.68. The predicted octanol–water partition coefficient (Wildman–Crippen LogP) is 4.83. The van der Waals surface area contributed by atoms with Gasteiger partial charge in [0.2, 0.25) is 5.91 Å². The Hall–Kier alpha value is -2.39. The number of ether oxygens (including phenoxy) is 2. The van der Waals surface area contributed by atoms with Crippen LogP contribution >= 0.6 is 23.4 Å². The molecule has 1 amide bonds. The molecule has 9 heteroatoms. The molecule has 0 N–H and O–H groups in total. The fraction of sp³-hybridized carbons (Fsp3) is 0.400. The lowest BCUT2D eigenvalue weighted by Crippen LogP contribution is -2.47. The minimum atomic E-state index is -0.451. The molecule has 3 heterocycles. The highest BCUT2D eigenvalue weighted by molar-refractivity contribution is 7.99. The molecule has 2 fully saturated rings. The maximum absolute atomic E-state index is 12.7. The Bertz CT molecular complexity index is 1120. The molecule has 0 atom stereocenters. The van der Waals surface area contributed by atoms with E-state index in [4.69, 9.17) is 21.1 Å². The highest BCUT2D eigenvalue weighted by atomic mass is 35.5. The molecule has 3 aromatic rings. The lowest BCUT2D eigenvalue weighted by Gasteiger charge is -2.37. The predicted molar refractivity (Wildman–Crippen MR) is 132 cm³/mol. The number of likely N-dealkylation sites (tertiary alicyclic amines) is 1. The minimum absolute atomic E-state index is 0.190. The summed E-state index contributed by atoms with van der Waals surface area (Å²) in [6, 6.07) is 17.7. The highest BCUT2D eigenvalue weighted by Gasteiger charge is 2.40. The molecule has 5 rings (SSSR count). The standard InChI is InChI=1S/C25H27ClN4O3S/c26-21-10-5-4-9-20(21)23-27-28-24(30(23)19-7-2-1-3-8-19)34-18-6-11-22(31)29-14-12-25(13-15-29)32-16-17-33-25/h1-5,7-10H,6,11-18H2. The zero-order valence-electron chi connectivity index (χ0n) is 18.9. The zero-order chi connectivity index (χ0) is 23.4. The largest absolute Gasteiger partial charge is 0.347 e. The van der Waals surface area contributed by atoms with Crippen LogP contribution < -0.4 is 0 Å². The van der Waals surface area contributed by atoms with Crippen LogP contribution in [0.25, 0.3) is 17.1 Å². The molecule has 1 spiro atoms. The van der Waals surface area contributed by atoms with Gasteiger partial charge in [-0.2, -0.15) is 0 Å². The van der Waals surface area contributed by atoms with Gasteiger partial charge in [0.25, 0.3) is 0 Å². The van der Waals surface area contributed by atoms with E-state index >= 15 is 0 Å². The van der Waals surface area contributed by atoms with Gasteiger partial charge in [0, 0.05) is 49.4 Å². The molecule has 2 aromatic carbocycles. The number of para-hydroxylation sites is 1. The van der Waals surface area contributed by atoms with E-state index in [0.717, 1.165) is 41.4 Å². The summed E-state index contributed by atoms with van der Waals surface area (Å²) < 4.78 is 13.5. The molecular weight excluding hydrogens is 472 g/mol. The summed E-state index contributed by atoms with van der Waals surface area (Å²) in [6.07, 6.45) is 2.77. The van der Waals surface area contributed by atoms with Crippen LogP contribution in [0.3, 0.4) is 0 Å². The smallest absolute Gasteiger partial charge is 0.222 e. The number of halogens is 1. The number of benzene rings is 2. The van der Waals surface area contributed by atoms with Gasteiger partial charge < -0.3 is 14.4 Å². The van der Waals surface area contributed by atoms with E-state index in [9.17, 15) is 4.79 Å². The second-order valence-electron chi connectivity index (χ2n) is 8.40. The van der Waals surface area contributed by atoms with Crippen LogP contribution in [0.1, 0.15) is 25.7 Å². The summed E-state index contributed by atoms with van der Waals surface area (Å²) in [4.78, 5) is 14.6.